The minimum Gasteiger partial charge on any atom is -0.421 e. The fourth-order valence-electron chi connectivity index (χ4n) is 4.06. The molecular weight excluding hydrogens is 262 g/mol. The molecule has 2 bridgehead atoms. The highest BCUT2D eigenvalue weighted by atomic mass is 16.4. The Hall–Kier alpha value is -1.68. The molecule has 2 heterocycles. The second-order valence-corrected chi connectivity index (χ2v) is 6.72. The lowest BCUT2D eigenvalue weighted by molar-refractivity contribution is 0.158. The number of aryl methyl sites for hydroxylation is 1. The number of hydrogen-bond donors (Lipinski definition) is 1. The van der Waals surface area contributed by atoms with Crippen molar-refractivity contribution in [3.8, 4) is 11.5 Å². The summed E-state index contributed by atoms with van der Waals surface area (Å²) in [6.07, 6.45) is 2.30. The molecule has 1 aliphatic carbocycles. The minimum atomic E-state index is 0.245. The van der Waals surface area contributed by atoms with Crippen LogP contribution in [0.1, 0.15) is 37.3 Å². The molecule has 3 atom stereocenters. The molecule has 0 spiro atoms. The van der Waals surface area contributed by atoms with Gasteiger partial charge >= 0.3 is 0 Å². The zero-order valence-electron chi connectivity index (χ0n) is 12.8. The van der Waals surface area contributed by atoms with Crippen molar-refractivity contribution < 1.29 is 4.42 Å². The van der Waals surface area contributed by atoms with Gasteiger partial charge in [-0.25, -0.2) is 0 Å². The number of nitrogens with zero attached hydrogens (tertiary/aromatic N) is 2. The SMILES string of the molecule is Cc1nnc(-c2ccc3c(c2)[C@]2(C)CCNC(C3)C2C)o1. The molecule has 21 heavy (non-hydrogen) atoms. The van der Waals surface area contributed by atoms with Crippen LogP contribution in [0.25, 0.3) is 11.5 Å². The van der Waals surface area contributed by atoms with Crippen LogP contribution in [0.4, 0.5) is 0 Å². The lowest BCUT2D eigenvalue weighted by atomic mass is 9.59. The quantitative estimate of drug-likeness (QED) is 0.874. The maximum absolute atomic E-state index is 5.59. The van der Waals surface area contributed by atoms with E-state index in [1.807, 2.05) is 6.92 Å². The van der Waals surface area contributed by atoms with Crippen molar-refractivity contribution >= 4 is 0 Å². The molecule has 4 rings (SSSR count). The third kappa shape index (κ3) is 1.85. The second kappa shape index (κ2) is 4.41. The maximum atomic E-state index is 5.59. The van der Waals surface area contributed by atoms with E-state index in [0.717, 1.165) is 18.5 Å². The monoisotopic (exact) mass is 283 g/mol. The van der Waals surface area contributed by atoms with Crippen LogP contribution in [-0.2, 0) is 11.8 Å². The first-order valence-electron chi connectivity index (χ1n) is 7.75. The fourth-order valence-corrected chi connectivity index (χ4v) is 4.06. The Morgan fingerprint density at radius 1 is 1.33 bits per heavy atom. The lowest BCUT2D eigenvalue weighted by Crippen LogP contribution is -2.56. The van der Waals surface area contributed by atoms with Gasteiger partial charge in [-0.2, -0.15) is 0 Å². The van der Waals surface area contributed by atoms with Crippen molar-refractivity contribution in [1.29, 1.82) is 0 Å². The number of rotatable bonds is 1. The molecule has 1 fully saturated rings. The summed E-state index contributed by atoms with van der Waals surface area (Å²) < 4.78 is 5.59. The molecule has 0 saturated carbocycles. The van der Waals surface area contributed by atoms with E-state index in [4.69, 9.17) is 4.42 Å². The molecule has 2 aliphatic rings. The number of aromatic nitrogens is 2. The molecule has 1 aromatic carbocycles. The zero-order chi connectivity index (χ0) is 14.6. The van der Waals surface area contributed by atoms with Gasteiger partial charge in [-0.05, 0) is 54.0 Å². The second-order valence-electron chi connectivity index (χ2n) is 6.72. The topological polar surface area (TPSA) is 51.0 Å². The summed E-state index contributed by atoms with van der Waals surface area (Å²) in [5.74, 6) is 1.89. The Kier molecular flexibility index (Phi) is 2.73. The Morgan fingerprint density at radius 2 is 2.19 bits per heavy atom. The highest BCUT2D eigenvalue weighted by molar-refractivity contribution is 5.58. The van der Waals surface area contributed by atoms with E-state index in [0.29, 0.717) is 23.7 Å². The molecular formula is C17H21N3O. The van der Waals surface area contributed by atoms with Crippen molar-refractivity contribution in [2.24, 2.45) is 5.92 Å². The van der Waals surface area contributed by atoms with E-state index >= 15 is 0 Å². The van der Waals surface area contributed by atoms with Crippen molar-refractivity contribution in [2.45, 2.75) is 45.1 Å². The van der Waals surface area contributed by atoms with Crippen molar-refractivity contribution in [2.75, 3.05) is 6.54 Å². The summed E-state index contributed by atoms with van der Waals surface area (Å²) in [6.45, 7) is 7.72. The Morgan fingerprint density at radius 3 is 2.95 bits per heavy atom. The van der Waals surface area contributed by atoms with Crippen LogP contribution in [0, 0.1) is 12.8 Å². The van der Waals surface area contributed by atoms with E-state index in [2.05, 4.69) is 47.6 Å². The largest absolute Gasteiger partial charge is 0.421 e. The number of benzene rings is 1. The summed E-state index contributed by atoms with van der Waals surface area (Å²) in [5, 5.41) is 11.8. The summed E-state index contributed by atoms with van der Waals surface area (Å²) >= 11 is 0. The molecule has 4 heteroatoms. The van der Waals surface area contributed by atoms with E-state index < -0.39 is 0 Å². The fraction of sp³-hybridized carbons (Fsp3) is 0.529. The van der Waals surface area contributed by atoms with Crippen LogP contribution in [0.5, 0.6) is 0 Å². The number of piperidine rings is 1. The van der Waals surface area contributed by atoms with Crippen LogP contribution in [0.3, 0.4) is 0 Å². The smallest absolute Gasteiger partial charge is 0.247 e. The maximum Gasteiger partial charge on any atom is 0.247 e. The van der Waals surface area contributed by atoms with Gasteiger partial charge in [-0.15, -0.1) is 10.2 Å². The van der Waals surface area contributed by atoms with Crippen LogP contribution < -0.4 is 5.32 Å². The van der Waals surface area contributed by atoms with Gasteiger partial charge in [0, 0.05) is 18.5 Å². The Bertz CT molecular complexity index is 693. The summed E-state index contributed by atoms with van der Waals surface area (Å²) in [4.78, 5) is 0. The third-order valence-electron chi connectivity index (χ3n) is 5.60. The molecule has 0 amide bonds. The van der Waals surface area contributed by atoms with Gasteiger partial charge in [-0.3, -0.25) is 0 Å². The van der Waals surface area contributed by atoms with Crippen LogP contribution in [-0.4, -0.2) is 22.8 Å². The van der Waals surface area contributed by atoms with Crippen molar-refractivity contribution in [3.05, 3.63) is 35.2 Å². The first-order valence-corrected chi connectivity index (χ1v) is 7.75. The molecule has 1 N–H and O–H groups in total. The van der Waals surface area contributed by atoms with Gasteiger partial charge < -0.3 is 9.73 Å². The van der Waals surface area contributed by atoms with Gasteiger partial charge in [0.1, 0.15) is 0 Å². The van der Waals surface area contributed by atoms with Crippen LogP contribution in [0.2, 0.25) is 0 Å². The highest BCUT2D eigenvalue weighted by Gasteiger charge is 2.45. The zero-order valence-corrected chi connectivity index (χ0v) is 12.8. The summed E-state index contributed by atoms with van der Waals surface area (Å²) in [5.41, 5.74) is 4.22. The molecule has 1 aromatic heterocycles. The minimum absolute atomic E-state index is 0.245. The van der Waals surface area contributed by atoms with Crippen molar-refractivity contribution in [1.82, 2.24) is 15.5 Å². The normalized spacial score (nSPS) is 31.0. The molecule has 110 valence electrons. The predicted molar refractivity (Wildman–Crippen MR) is 81.1 cm³/mol. The number of fused-ring (bicyclic) bond motifs is 4. The molecule has 4 nitrogen and oxygen atoms in total. The van der Waals surface area contributed by atoms with Gasteiger partial charge in [-0.1, -0.05) is 19.9 Å². The third-order valence-corrected chi connectivity index (χ3v) is 5.60. The molecule has 1 aliphatic heterocycles. The van der Waals surface area contributed by atoms with Crippen molar-refractivity contribution in [3.63, 3.8) is 0 Å². The van der Waals surface area contributed by atoms with Crippen LogP contribution >= 0.6 is 0 Å². The Labute approximate surface area is 125 Å². The lowest BCUT2D eigenvalue weighted by Gasteiger charge is -2.50. The molecule has 2 aromatic rings. The first-order chi connectivity index (χ1) is 10.1. The number of nitrogens with one attached hydrogen (secondary N) is 1. The van der Waals surface area contributed by atoms with Gasteiger partial charge in [0.05, 0.1) is 0 Å². The average Bonchev–Trinajstić information content (AvgIpc) is 2.89. The van der Waals surface area contributed by atoms with E-state index in [9.17, 15) is 0 Å². The number of hydrogen-bond acceptors (Lipinski definition) is 4. The van der Waals surface area contributed by atoms with E-state index in [-0.39, 0.29) is 5.41 Å². The molecule has 2 unspecified atom stereocenters. The molecule has 1 saturated heterocycles. The van der Waals surface area contributed by atoms with E-state index in [1.165, 1.54) is 17.5 Å². The van der Waals surface area contributed by atoms with Gasteiger partial charge in [0.15, 0.2) is 0 Å². The standard InChI is InChI=1S/C17H21N3O/c1-10-15-9-12-4-5-13(16-20-19-11(2)21-16)8-14(12)17(10,3)6-7-18-15/h4-5,8,10,15,18H,6-7,9H2,1-3H3/t10?,15?,17-/m1/s1. The Balaban J connectivity index is 1.84. The van der Waals surface area contributed by atoms with Gasteiger partial charge in [0.25, 0.3) is 0 Å². The average molecular weight is 283 g/mol. The van der Waals surface area contributed by atoms with E-state index in [1.54, 1.807) is 0 Å². The summed E-state index contributed by atoms with van der Waals surface area (Å²) in [7, 11) is 0. The molecule has 0 radical (unpaired) electrons. The van der Waals surface area contributed by atoms with Crippen LogP contribution in [0.15, 0.2) is 22.6 Å². The summed E-state index contributed by atoms with van der Waals surface area (Å²) in [6, 6.07) is 7.24. The highest BCUT2D eigenvalue weighted by Crippen LogP contribution is 2.46. The predicted octanol–water partition coefficient (Wildman–Crippen LogP) is 2.86. The van der Waals surface area contributed by atoms with Gasteiger partial charge in [0.2, 0.25) is 11.8 Å². The first kappa shape index (κ1) is 13.0.